The Hall–Kier alpha value is -1.43. The van der Waals surface area contributed by atoms with E-state index in [1.165, 1.54) is 24.8 Å². The van der Waals surface area contributed by atoms with E-state index < -0.39 is 0 Å². The van der Waals surface area contributed by atoms with Crippen LogP contribution in [0.15, 0.2) is 22.8 Å². The molecule has 2 N–H and O–H groups in total. The second-order valence-electron chi connectivity index (χ2n) is 5.83. The molecule has 18 heavy (non-hydrogen) atoms. The van der Waals surface area contributed by atoms with E-state index in [1.54, 1.807) is 0 Å². The highest BCUT2D eigenvalue weighted by Crippen LogP contribution is 2.58. The predicted molar refractivity (Wildman–Crippen MR) is 68.9 cm³/mol. The Morgan fingerprint density at radius 2 is 2.17 bits per heavy atom. The van der Waals surface area contributed by atoms with Gasteiger partial charge in [-0.05, 0) is 37.2 Å². The van der Waals surface area contributed by atoms with Crippen molar-refractivity contribution in [3.63, 3.8) is 0 Å². The third-order valence-corrected chi connectivity index (χ3v) is 5.04. The lowest BCUT2D eigenvalue weighted by Crippen LogP contribution is -2.39. The van der Waals surface area contributed by atoms with Crippen molar-refractivity contribution in [1.29, 1.82) is 5.26 Å². The molecule has 0 aromatic rings. The van der Waals surface area contributed by atoms with Gasteiger partial charge in [0, 0.05) is 11.8 Å². The Bertz CT molecular complexity index is 483. The number of fused-ring (bicyclic) bond motifs is 1. The van der Waals surface area contributed by atoms with Crippen molar-refractivity contribution in [2.24, 2.45) is 17.1 Å². The van der Waals surface area contributed by atoms with Crippen LogP contribution >= 0.6 is 0 Å². The molecule has 1 fully saturated rings. The van der Waals surface area contributed by atoms with Crippen LogP contribution in [0.25, 0.3) is 0 Å². The first-order valence-corrected chi connectivity index (χ1v) is 7.01. The molecule has 3 heteroatoms. The maximum atomic E-state index is 9.53. The van der Waals surface area contributed by atoms with E-state index in [0.717, 1.165) is 31.4 Å². The third-order valence-electron chi connectivity index (χ3n) is 5.04. The second-order valence-corrected chi connectivity index (χ2v) is 5.83. The minimum Gasteiger partial charge on any atom is -0.445 e. The quantitative estimate of drug-likeness (QED) is 0.711. The van der Waals surface area contributed by atoms with Crippen molar-refractivity contribution >= 4 is 0 Å². The Morgan fingerprint density at radius 1 is 1.33 bits per heavy atom. The van der Waals surface area contributed by atoms with E-state index in [0.29, 0.717) is 17.4 Å². The summed E-state index contributed by atoms with van der Waals surface area (Å²) >= 11 is 0. The summed E-state index contributed by atoms with van der Waals surface area (Å²) in [6, 6.07) is 2.35. The highest BCUT2D eigenvalue weighted by Gasteiger charge is 2.50. The molecule has 3 nitrogen and oxygen atoms in total. The van der Waals surface area contributed by atoms with Crippen molar-refractivity contribution < 1.29 is 4.74 Å². The fourth-order valence-corrected chi connectivity index (χ4v) is 4.18. The Labute approximate surface area is 108 Å². The summed E-state index contributed by atoms with van der Waals surface area (Å²) in [5, 5.41) is 9.53. The lowest BCUT2D eigenvalue weighted by molar-refractivity contribution is 0.154. The van der Waals surface area contributed by atoms with Gasteiger partial charge in [-0.1, -0.05) is 19.8 Å². The van der Waals surface area contributed by atoms with Gasteiger partial charge in [-0.3, -0.25) is 0 Å². The molecule has 1 aliphatic heterocycles. The first kappa shape index (κ1) is 11.6. The van der Waals surface area contributed by atoms with E-state index in [-0.39, 0.29) is 5.41 Å². The number of ether oxygens (including phenoxy) is 1. The summed E-state index contributed by atoms with van der Waals surface area (Å²) in [6.07, 6.45) is 7.94. The van der Waals surface area contributed by atoms with Crippen LogP contribution in [0.1, 0.15) is 51.9 Å². The van der Waals surface area contributed by atoms with Crippen LogP contribution in [0.2, 0.25) is 0 Å². The molecule has 1 saturated carbocycles. The minimum atomic E-state index is -0.0961. The molecule has 0 aromatic carbocycles. The molecule has 0 bridgehead atoms. The highest BCUT2D eigenvalue weighted by molar-refractivity contribution is 5.46. The van der Waals surface area contributed by atoms with Gasteiger partial charge in [0.1, 0.15) is 11.8 Å². The SMILES string of the molecule is CC1CCCCC12C(C#N)=C(N)OC1=C2CCC1. The average molecular weight is 244 g/mol. The fraction of sp³-hybridized carbons (Fsp3) is 0.667. The molecule has 3 aliphatic rings. The Morgan fingerprint density at radius 3 is 2.89 bits per heavy atom. The van der Waals surface area contributed by atoms with Crippen molar-refractivity contribution in [3.05, 3.63) is 22.8 Å². The smallest absolute Gasteiger partial charge is 0.205 e. The highest BCUT2D eigenvalue weighted by atomic mass is 16.5. The third kappa shape index (κ3) is 1.35. The van der Waals surface area contributed by atoms with Crippen LogP contribution in [-0.4, -0.2) is 0 Å². The zero-order valence-electron chi connectivity index (χ0n) is 11.0. The molecule has 0 aromatic heterocycles. The van der Waals surface area contributed by atoms with Crippen molar-refractivity contribution in [2.75, 3.05) is 0 Å². The van der Waals surface area contributed by atoms with Gasteiger partial charge in [0.2, 0.25) is 5.88 Å². The van der Waals surface area contributed by atoms with E-state index in [2.05, 4.69) is 13.0 Å². The van der Waals surface area contributed by atoms with E-state index in [1.807, 2.05) is 0 Å². The molecule has 2 aliphatic carbocycles. The van der Waals surface area contributed by atoms with Crippen molar-refractivity contribution in [1.82, 2.24) is 0 Å². The molecule has 0 radical (unpaired) electrons. The summed E-state index contributed by atoms with van der Waals surface area (Å²) in [7, 11) is 0. The van der Waals surface area contributed by atoms with Crippen LogP contribution < -0.4 is 5.73 Å². The van der Waals surface area contributed by atoms with Gasteiger partial charge < -0.3 is 10.5 Å². The first-order chi connectivity index (χ1) is 8.70. The lowest BCUT2D eigenvalue weighted by Gasteiger charge is -2.46. The van der Waals surface area contributed by atoms with Gasteiger partial charge in [-0.2, -0.15) is 5.26 Å². The summed E-state index contributed by atoms with van der Waals surface area (Å²) < 4.78 is 5.70. The number of rotatable bonds is 0. The minimum absolute atomic E-state index is 0.0961. The van der Waals surface area contributed by atoms with E-state index in [9.17, 15) is 5.26 Å². The predicted octanol–water partition coefficient (Wildman–Crippen LogP) is 3.34. The second kappa shape index (κ2) is 4.05. The van der Waals surface area contributed by atoms with Crippen LogP contribution in [-0.2, 0) is 4.74 Å². The number of hydrogen-bond acceptors (Lipinski definition) is 3. The van der Waals surface area contributed by atoms with Crippen molar-refractivity contribution in [2.45, 2.75) is 51.9 Å². The molecule has 2 unspecified atom stereocenters. The van der Waals surface area contributed by atoms with Crippen LogP contribution in [0, 0.1) is 22.7 Å². The normalized spacial score (nSPS) is 35.4. The van der Waals surface area contributed by atoms with E-state index >= 15 is 0 Å². The van der Waals surface area contributed by atoms with Gasteiger partial charge in [0.15, 0.2) is 0 Å². The molecule has 2 atom stereocenters. The van der Waals surface area contributed by atoms with Gasteiger partial charge in [-0.25, -0.2) is 0 Å². The van der Waals surface area contributed by atoms with Crippen LogP contribution in [0.3, 0.4) is 0 Å². The summed E-state index contributed by atoms with van der Waals surface area (Å²) in [4.78, 5) is 0. The molecule has 3 rings (SSSR count). The molecule has 0 saturated heterocycles. The number of allylic oxidation sites excluding steroid dienone is 3. The number of nitriles is 1. The van der Waals surface area contributed by atoms with Gasteiger partial charge >= 0.3 is 0 Å². The summed E-state index contributed by atoms with van der Waals surface area (Å²) in [5.41, 5.74) is 8.01. The van der Waals surface area contributed by atoms with Gasteiger partial charge in [-0.15, -0.1) is 0 Å². The Balaban J connectivity index is 2.16. The lowest BCUT2D eigenvalue weighted by atomic mass is 9.58. The monoisotopic (exact) mass is 244 g/mol. The average Bonchev–Trinajstić information content (AvgIpc) is 2.81. The summed E-state index contributed by atoms with van der Waals surface area (Å²) in [6.45, 7) is 2.28. The molecule has 1 heterocycles. The fourth-order valence-electron chi connectivity index (χ4n) is 4.18. The van der Waals surface area contributed by atoms with Crippen LogP contribution in [0.5, 0.6) is 0 Å². The Kier molecular flexibility index (Phi) is 2.62. The zero-order chi connectivity index (χ0) is 12.8. The number of nitrogens with two attached hydrogens (primary N) is 1. The largest absolute Gasteiger partial charge is 0.445 e. The molecular weight excluding hydrogens is 224 g/mol. The molecule has 1 spiro atoms. The zero-order valence-corrected chi connectivity index (χ0v) is 11.0. The van der Waals surface area contributed by atoms with Gasteiger partial charge in [0.25, 0.3) is 0 Å². The standard InChI is InChI=1S/C15H20N2O/c1-10-5-2-3-8-15(10)11-6-4-7-13(11)18-14(17)12(15)9-16/h10H,2-8,17H2,1H3. The molecule has 96 valence electrons. The van der Waals surface area contributed by atoms with Crippen LogP contribution in [0.4, 0.5) is 0 Å². The molecule has 0 amide bonds. The van der Waals surface area contributed by atoms with Crippen molar-refractivity contribution in [3.8, 4) is 6.07 Å². The first-order valence-electron chi connectivity index (χ1n) is 7.01. The summed E-state index contributed by atoms with van der Waals surface area (Å²) in [5.74, 6) is 1.94. The maximum Gasteiger partial charge on any atom is 0.205 e. The maximum absolute atomic E-state index is 9.53. The topological polar surface area (TPSA) is 59.0 Å². The number of nitrogens with zero attached hydrogens (tertiary/aromatic N) is 1. The van der Waals surface area contributed by atoms with Gasteiger partial charge in [0.05, 0.1) is 5.57 Å². The number of hydrogen-bond donors (Lipinski definition) is 1. The van der Waals surface area contributed by atoms with E-state index in [4.69, 9.17) is 10.5 Å². The molecular formula is C15H20N2O.